The minimum Gasteiger partial charge on any atom is -0.317 e. The molecular weight excluding hydrogens is 230 g/mol. The molecule has 0 bridgehead atoms. The van der Waals surface area contributed by atoms with Crippen molar-refractivity contribution in [3.8, 4) is 0 Å². The maximum Gasteiger partial charge on any atom is 0.0107 e. The summed E-state index contributed by atoms with van der Waals surface area (Å²) in [5.74, 6) is 0.965. The van der Waals surface area contributed by atoms with E-state index in [9.17, 15) is 0 Å². The number of rotatable bonds is 5. The molecule has 1 saturated carbocycles. The molecule has 2 aromatic carbocycles. The Kier molecular flexibility index (Phi) is 3.84. The Morgan fingerprint density at radius 2 is 1.89 bits per heavy atom. The molecule has 1 nitrogen and oxygen atoms in total. The Labute approximate surface area is 116 Å². The molecule has 0 heterocycles. The third-order valence-corrected chi connectivity index (χ3v) is 4.60. The molecule has 0 amide bonds. The summed E-state index contributed by atoms with van der Waals surface area (Å²) in [6.07, 6.45) is 6.80. The highest BCUT2D eigenvalue weighted by molar-refractivity contribution is 5.85. The Hall–Kier alpha value is -1.34. The topological polar surface area (TPSA) is 12.0 Å². The van der Waals surface area contributed by atoms with Crippen molar-refractivity contribution in [1.82, 2.24) is 5.32 Å². The number of benzene rings is 2. The third kappa shape index (κ3) is 2.82. The highest BCUT2D eigenvalue weighted by atomic mass is 14.9. The number of fused-ring (bicyclic) bond motifs is 1. The van der Waals surface area contributed by atoms with E-state index in [4.69, 9.17) is 0 Å². The predicted molar refractivity (Wildman–Crippen MR) is 82.5 cm³/mol. The lowest BCUT2D eigenvalue weighted by molar-refractivity contribution is 0.263. The molecule has 0 radical (unpaired) electrons. The maximum absolute atomic E-state index is 3.51. The first-order chi connectivity index (χ1) is 9.36. The Morgan fingerprint density at radius 3 is 2.63 bits per heavy atom. The van der Waals surface area contributed by atoms with Gasteiger partial charge in [-0.3, -0.25) is 0 Å². The van der Waals surface area contributed by atoms with Gasteiger partial charge in [-0.25, -0.2) is 0 Å². The smallest absolute Gasteiger partial charge is 0.0107 e. The van der Waals surface area contributed by atoms with Crippen LogP contribution in [0.2, 0.25) is 0 Å². The van der Waals surface area contributed by atoms with Crippen molar-refractivity contribution in [2.24, 2.45) is 5.92 Å². The molecule has 19 heavy (non-hydrogen) atoms. The lowest BCUT2D eigenvalue weighted by Crippen LogP contribution is -2.32. The van der Waals surface area contributed by atoms with Crippen LogP contribution in [-0.2, 0) is 6.42 Å². The Balaban J connectivity index is 1.79. The van der Waals surface area contributed by atoms with E-state index in [0.29, 0.717) is 6.04 Å². The van der Waals surface area contributed by atoms with Crippen LogP contribution < -0.4 is 5.32 Å². The summed E-state index contributed by atoms with van der Waals surface area (Å²) in [5, 5.41) is 6.29. The summed E-state index contributed by atoms with van der Waals surface area (Å²) in [7, 11) is 2.11. The number of hydrogen-bond donors (Lipinski definition) is 1. The van der Waals surface area contributed by atoms with Gasteiger partial charge in [0, 0.05) is 6.04 Å². The van der Waals surface area contributed by atoms with E-state index >= 15 is 0 Å². The molecule has 1 unspecified atom stereocenters. The van der Waals surface area contributed by atoms with E-state index in [1.165, 1.54) is 42.0 Å². The molecule has 1 N–H and O–H groups in total. The summed E-state index contributed by atoms with van der Waals surface area (Å²) in [6, 6.07) is 16.0. The van der Waals surface area contributed by atoms with E-state index in [1.54, 1.807) is 0 Å². The second-order valence-electron chi connectivity index (χ2n) is 5.86. The highest BCUT2D eigenvalue weighted by Gasteiger charge is 2.21. The Bertz CT molecular complexity index is 537. The van der Waals surface area contributed by atoms with Crippen LogP contribution in [0, 0.1) is 5.92 Å². The Morgan fingerprint density at radius 1 is 1.11 bits per heavy atom. The number of hydrogen-bond acceptors (Lipinski definition) is 1. The van der Waals surface area contributed by atoms with E-state index in [2.05, 4.69) is 54.8 Å². The van der Waals surface area contributed by atoms with Gasteiger partial charge in [0.15, 0.2) is 0 Å². The third-order valence-electron chi connectivity index (χ3n) is 4.60. The van der Waals surface area contributed by atoms with Crippen molar-refractivity contribution >= 4 is 10.8 Å². The van der Waals surface area contributed by atoms with Crippen molar-refractivity contribution in [3.05, 3.63) is 48.0 Å². The minimum atomic E-state index is 0.621. The van der Waals surface area contributed by atoms with Crippen LogP contribution in [0.15, 0.2) is 42.5 Å². The molecule has 2 aromatic rings. The average Bonchev–Trinajstić information content (AvgIpc) is 2.41. The molecule has 0 spiro atoms. The van der Waals surface area contributed by atoms with Crippen LogP contribution in [0.3, 0.4) is 0 Å². The fraction of sp³-hybridized carbons (Fsp3) is 0.444. The molecular formula is C18H23N. The molecule has 3 rings (SSSR count). The van der Waals surface area contributed by atoms with E-state index in [-0.39, 0.29) is 0 Å². The van der Waals surface area contributed by atoms with Crippen LogP contribution in [0.1, 0.15) is 31.2 Å². The summed E-state index contributed by atoms with van der Waals surface area (Å²) < 4.78 is 0. The van der Waals surface area contributed by atoms with Crippen molar-refractivity contribution in [2.45, 2.75) is 38.1 Å². The van der Waals surface area contributed by atoms with Crippen molar-refractivity contribution in [2.75, 3.05) is 7.05 Å². The number of likely N-dealkylation sites (N-methyl/N-ethyl adjacent to an activating group) is 1. The zero-order chi connectivity index (χ0) is 13.1. The predicted octanol–water partition coefficient (Wildman–Crippen LogP) is 4.16. The quantitative estimate of drug-likeness (QED) is 0.843. The monoisotopic (exact) mass is 253 g/mol. The zero-order valence-corrected chi connectivity index (χ0v) is 11.7. The summed E-state index contributed by atoms with van der Waals surface area (Å²) in [4.78, 5) is 0. The summed E-state index contributed by atoms with van der Waals surface area (Å²) >= 11 is 0. The molecule has 0 aromatic heterocycles. The molecule has 0 aliphatic heterocycles. The fourth-order valence-electron chi connectivity index (χ4n) is 3.17. The van der Waals surface area contributed by atoms with Crippen LogP contribution in [-0.4, -0.2) is 13.1 Å². The van der Waals surface area contributed by atoms with Crippen molar-refractivity contribution in [3.63, 3.8) is 0 Å². The average molecular weight is 253 g/mol. The fourth-order valence-corrected chi connectivity index (χ4v) is 3.17. The van der Waals surface area contributed by atoms with E-state index in [1.807, 2.05) is 0 Å². The van der Waals surface area contributed by atoms with Gasteiger partial charge in [0.25, 0.3) is 0 Å². The van der Waals surface area contributed by atoms with E-state index in [0.717, 1.165) is 12.3 Å². The molecule has 1 fully saturated rings. The van der Waals surface area contributed by atoms with Gasteiger partial charge in [-0.2, -0.15) is 0 Å². The normalized spacial score (nSPS) is 17.3. The first-order valence-corrected chi connectivity index (χ1v) is 7.50. The minimum absolute atomic E-state index is 0.621. The summed E-state index contributed by atoms with van der Waals surface area (Å²) in [5.41, 5.74) is 1.48. The second-order valence-corrected chi connectivity index (χ2v) is 5.86. The van der Waals surface area contributed by atoms with Gasteiger partial charge >= 0.3 is 0 Å². The van der Waals surface area contributed by atoms with Gasteiger partial charge in [0.1, 0.15) is 0 Å². The first-order valence-electron chi connectivity index (χ1n) is 7.50. The number of nitrogens with one attached hydrogen (secondary N) is 1. The van der Waals surface area contributed by atoms with Crippen LogP contribution in [0.5, 0.6) is 0 Å². The lowest BCUT2D eigenvalue weighted by atomic mass is 9.79. The largest absolute Gasteiger partial charge is 0.317 e. The second kappa shape index (κ2) is 5.75. The van der Waals surface area contributed by atoms with Gasteiger partial charge in [-0.15, -0.1) is 0 Å². The van der Waals surface area contributed by atoms with Crippen LogP contribution in [0.4, 0.5) is 0 Å². The molecule has 1 heteroatoms. The lowest BCUT2D eigenvalue weighted by Gasteiger charge is -2.29. The van der Waals surface area contributed by atoms with Gasteiger partial charge < -0.3 is 5.32 Å². The molecule has 1 atom stereocenters. The van der Waals surface area contributed by atoms with Crippen molar-refractivity contribution < 1.29 is 0 Å². The molecule has 0 saturated heterocycles. The van der Waals surface area contributed by atoms with Gasteiger partial charge in [0.05, 0.1) is 0 Å². The molecule has 1 aliphatic carbocycles. The maximum atomic E-state index is 3.51. The van der Waals surface area contributed by atoms with Crippen LogP contribution in [0.25, 0.3) is 10.8 Å². The first kappa shape index (κ1) is 12.7. The summed E-state index contributed by atoms with van der Waals surface area (Å²) in [6.45, 7) is 0. The van der Waals surface area contributed by atoms with Gasteiger partial charge in [-0.05, 0) is 42.1 Å². The van der Waals surface area contributed by atoms with Gasteiger partial charge in [0.2, 0.25) is 0 Å². The highest BCUT2D eigenvalue weighted by Crippen LogP contribution is 2.31. The SMILES string of the molecule is CNC(Cc1cccc2ccccc12)CC1CCC1. The van der Waals surface area contributed by atoms with Crippen molar-refractivity contribution in [1.29, 1.82) is 0 Å². The van der Waals surface area contributed by atoms with Crippen LogP contribution >= 0.6 is 0 Å². The van der Waals surface area contributed by atoms with E-state index < -0.39 is 0 Å². The standard InChI is InChI=1S/C18H23N/c1-19-17(12-14-6-4-7-14)13-16-10-5-9-15-8-2-3-11-18(15)16/h2-3,5,8-11,14,17,19H,4,6-7,12-13H2,1H3. The molecule has 1 aliphatic rings. The molecule has 100 valence electrons. The van der Waals surface area contributed by atoms with Gasteiger partial charge in [-0.1, -0.05) is 61.7 Å². The zero-order valence-electron chi connectivity index (χ0n) is 11.7.